The van der Waals surface area contributed by atoms with Crippen molar-refractivity contribution in [2.45, 2.75) is 51.3 Å². The molecule has 8 rings (SSSR count). The number of aromatic nitrogens is 2. The third-order valence-electron chi connectivity index (χ3n) is 8.93. The van der Waals surface area contributed by atoms with Crippen LogP contribution in [0.2, 0.25) is 0 Å². The number of rotatable bonds is 8. The first-order valence-corrected chi connectivity index (χ1v) is 20.6. The Kier molecular flexibility index (Phi) is 11.9. The summed E-state index contributed by atoms with van der Waals surface area (Å²) in [5.74, 6) is 0.698. The van der Waals surface area contributed by atoms with Gasteiger partial charge in [-0.2, -0.15) is 0 Å². The number of hydrogen-bond donors (Lipinski definition) is 0. The fraction of sp³-hybridized carbons (Fsp3) is 0.136. The average Bonchev–Trinajstić information content (AvgIpc) is 3.77. The molecule has 13 heteroatoms. The van der Waals surface area contributed by atoms with Gasteiger partial charge in [-0.3, -0.25) is 0 Å². The minimum Gasteiger partial charge on any atom is -0.572 e. The summed E-state index contributed by atoms with van der Waals surface area (Å²) in [5, 5.41) is 0. The minimum atomic E-state index is -3.85. The number of hydrogen-bond acceptors (Lipinski definition) is 8. The van der Waals surface area contributed by atoms with Crippen LogP contribution in [0.1, 0.15) is 33.4 Å². The van der Waals surface area contributed by atoms with Gasteiger partial charge in [0.2, 0.25) is 11.8 Å². The van der Waals surface area contributed by atoms with Crippen LogP contribution in [0, 0.1) is 41.5 Å². The molecule has 0 spiro atoms. The zero-order chi connectivity index (χ0) is 39.8. The van der Waals surface area contributed by atoms with E-state index in [0.717, 1.165) is 44.4 Å². The van der Waals surface area contributed by atoms with Crippen LogP contribution in [-0.2, 0) is 39.5 Å². The quantitative estimate of drug-likeness (QED) is 0.137. The fourth-order valence-corrected chi connectivity index (χ4v) is 7.89. The summed E-state index contributed by atoms with van der Waals surface area (Å²) in [6.45, 7) is 11.6. The molecule has 0 radical (unpaired) electrons. The molecule has 2 heterocycles. The summed E-state index contributed by atoms with van der Waals surface area (Å²) in [5.41, 5.74) is 10.4. The molecule has 0 N–H and O–H groups in total. The topological polar surface area (TPSA) is 149 Å². The number of oxazole rings is 2. The zero-order valence-electron chi connectivity index (χ0n) is 32.3. The fourth-order valence-electron chi connectivity index (χ4n) is 5.88. The van der Waals surface area contributed by atoms with Gasteiger partial charge < -0.3 is 18.3 Å². The predicted octanol–water partition coefficient (Wildman–Crippen LogP) is 11.6. The van der Waals surface area contributed by atoms with Crippen molar-refractivity contribution in [2.75, 3.05) is 0 Å². The van der Waals surface area contributed by atoms with Crippen molar-refractivity contribution in [3.63, 3.8) is 0 Å². The van der Waals surface area contributed by atoms with E-state index < -0.39 is 20.0 Å². The third-order valence-corrected chi connectivity index (χ3v) is 11.5. The normalized spacial score (nSPS) is 11.5. The standard InChI is InChI=1S/2C22H19N2O3S.Zn/c2*1-14-4-8-17(9-5-14)28(25,26)24-19-10-6-15(2)12-18(19)22-23-20-11-7-16(3)13-21(20)27-22;/h2*4-13H,1-3H3;/q2*-1;+2. The number of benzene rings is 6. The largest absolute Gasteiger partial charge is 2.00 e. The molecule has 0 aliphatic heterocycles. The Balaban J connectivity index is 0.000000189. The molecule has 2 aromatic heterocycles. The maximum Gasteiger partial charge on any atom is 2.00 e. The SMILES string of the molecule is Cc1ccc(S(=O)(=O)[N-]c2ccc(C)cc2-c2nc3ccc(C)cc3o2)cc1.Cc1ccc(S(=O)(=O)[N-]c2ccc(C)cc2-c2nc3ccc(C)cc3o2)cc1.[Zn+2]. The first-order chi connectivity index (χ1) is 26.6. The van der Waals surface area contributed by atoms with Crippen molar-refractivity contribution in [1.82, 2.24) is 9.97 Å². The molecule has 0 unspecified atom stereocenters. The van der Waals surface area contributed by atoms with Crippen LogP contribution in [0.4, 0.5) is 11.4 Å². The summed E-state index contributed by atoms with van der Waals surface area (Å²) >= 11 is 0. The van der Waals surface area contributed by atoms with Crippen LogP contribution in [0.5, 0.6) is 0 Å². The second-order valence-corrected chi connectivity index (χ2v) is 17.0. The van der Waals surface area contributed by atoms with Gasteiger partial charge in [-0.25, -0.2) is 26.8 Å². The van der Waals surface area contributed by atoms with Crippen LogP contribution < -0.4 is 0 Å². The van der Waals surface area contributed by atoms with Crippen molar-refractivity contribution in [3.8, 4) is 22.9 Å². The predicted molar refractivity (Wildman–Crippen MR) is 221 cm³/mol. The van der Waals surface area contributed by atoms with Gasteiger partial charge in [-0.15, -0.1) is 11.4 Å². The maximum absolute atomic E-state index is 12.8. The molecule has 0 aliphatic carbocycles. The Morgan fingerprint density at radius 3 is 1.11 bits per heavy atom. The molecular formula is C44H38N4O6S2Zn. The van der Waals surface area contributed by atoms with Gasteiger partial charge in [0.25, 0.3) is 0 Å². The Bertz CT molecular complexity index is 2760. The van der Waals surface area contributed by atoms with E-state index in [1.165, 1.54) is 0 Å². The molecule has 8 aromatic rings. The van der Waals surface area contributed by atoms with E-state index in [9.17, 15) is 16.8 Å². The van der Waals surface area contributed by atoms with Gasteiger partial charge in [-0.05, 0) is 113 Å². The Hall–Kier alpha value is -5.62. The number of nitrogens with zero attached hydrogens (tertiary/aromatic N) is 4. The number of fused-ring (bicyclic) bond motifs is 2. The van der Waals surface area contributed by atoms with Crippen molar-refractivity contribution >= 4 is 53.6 Å². The van der Waals surface area contributed by atoms with E-state index in [1.807, 2.05) is 102 Å². The first-order valence-electron chi connectivity index (χ1n) is 17.7. The molecule has 0 atom stereocenters. The molecule has 284 valence electrons. The van der Waals surface area contributed by atoms with Crippen molar-refractivity contribution < 1.29 is 45.1 Å². The molecular weight excluding hydrogens is 810 g/mol. The van der Waals surface area contributed by atoms with E-state index in [1.54, 1.807) is 60.7 Å². The van der Waals surface area contributed by atoms with E-state index in [4.69, 9.17) is 8.83 Å². The zero-order valence-corrected chi connectivity index (χ0v) is 36.9. The molecule has 57 heavy (non-hydrogen) atoms. The average molecular weight is 848 g/mol. The van der Waals surface area contributed by atoms with Crippen LogP contribution >= 0.6 is 0 Å². The Morgan fingerprint density at radius 2 is 0.737 bits per heavy atom. The second kappa shape index (κ2) is 16.5. The minimum absolute atomic E-state index is 0. The van der Waals surface area contributed by atoms with E-state index in [-0.39, 0.29) is 29.3 Å². The van der Waals surface area contributed by atoms with E-state index >= 15 is 0 Å². The van der Waals surface area contributed by atoms with Gasteiger partial charge in [0, 0.05) is 11.1 Å². The van der Waals surface area contributed by atoms with Crippen LogP contribution in [0.25, 0.3) is 54.6 Å². The Labute approximate surface area is 345 Å². The van der Waals surface area contributed by atoms with E-state index in [2.05, 4.69) is 19.4 Å². The number of aryl methyl sites for hydroxylation is 6. The maximum atomic E-state index is 12.8. The van der Waals surface area contributed by atoms with Crippen LogP contribution in [0.15, 0.2) is 140 Å². The molecule has 0 bridgehead atoms. The van der Waals surface area contributed by atoms with Gasteiger partial charge in [0.05, 0.1) is 9.79 Å². The van der Waals surface area contributed by atoms with Crippen molar-refractivity contribution in [1.29, 1.82) is 0 Å². The molecule has 10 nitrogen and oxygen atoms in total. The van der Waals surface area contributed by atoms with Gasteiger partial charge in [0.1, 0.15) is 31.1 Å². The van der Waals surface area contributed by atoms with Crippen molar-refractivity contribution in [3.05, 3.63) is 164 Å². The first kappa shape index (κ1) is 41.0. The summed E-state index contributed by atoms with van der Waals surface area (Å²) in [6.07, 6.45) is 0. The van der Waals surface area contributed by atoms with Gasteiger partial charge in [-0.1, -0.05) is 82.9 Å². The van der Waals surface area contributed by atoms with Gasteiger partial charge >= 0.3 is 19.5 Å². The van der Waals surface area contributed by atoms with Crippen LogP contribution in [0.3, 0.4) is 0 Å². The summed E-state index contributed by atoms with van der Waals surface area (Å²) in [4.78, 5) is 9.34. The number of sulfonamides is 2. The van der Waals surface area contributed by atoms with Crippen LogP contribution in [-0.4, -0.2) is 26.8 Å². The summed E-state index contributed by atoms with van der Waals surface area (Å²) in [7, 11) is -7.71. The van der Waals surface area contributed by atoms with Crippen molar-refractivity contribution in [2.24, 2.45) is 0 Å². The molecule has 0 fully saturated rings. The smallest absolute Gasteiger partial charge is 0.572 e. The Morgan fingerprint density at radius 1 is 0.421 bits per heavy atom. The molecule has 0 aliphatic rings. The van der Waals surface area contributed by atoms with Gasteiger partial charge in [0.15, 0.2) is 11.2 Å². The third kappa shape index (κ3) is 9.34. The second-order valence-electron chi connectivity index (χ2n) is 13.8. The summed E-state index contributed by atoms with van der Waals surface area (Å²) in [6, 6.07) is 35.4. The summed E-state index contributed by atoms with van der Waals surface area (Å²) < 4.78 is 71.1. The molecule has 0 saturated carbocycles. The molecule has 0 amide bonds. The monoisotopic (exact) mass is 846 g/mol. The molecule has 6 aromatic carbocycles. The van der Waals surface area contributed by atoms with E-state index in [0.29, 0.717) is 45.4 Å². The molecule has 0 saturated heterocycles.